The van der Waals surface area contributed by atoms with Gasteiger partial charge in [0.25, 0.3) is 0 Å². The van der Waals surface area contributed by atoms with Gasteiger partial charge in [0.05, 0.1) is 7.02 Å². The number of rotatable bonds is 2. The summed E-state index contributed by atoms with van der Waals surface area (Å²) < 4.78 is 12.4. The lowest BCUT2D eigenvalue weighted by molar-refractivity contribution is 0.595. The van der Waals surface area contributed by atoms with Crippen LogP contribution in [0.15, 0.2) is 60.7 Å². The molecule has 0 heterocycles. The highest BCUT2D eigenvalue weighted by Crippen LogP contribution is 2.36. The first-order valence-corrected chi connectivity index (χ1v) is 8.49. The highest BCUT2D eigenvalue weighted by molar-refractivity contribution is 7.99. The van der Waals surface area contributed by atoms with Gasteiger partial charge < -0.3 is 4.57 Å². The molecule has 2 rings (SSSR count). The Morgan fingerprint density at radius 2 is 0.947 bits per heavy atom. The highest BCUT2D eigenvalue weighted by atomic mass is 31.2. The Morgan fingerprint density at radius 3 is 1.21 bits per heavy atom. The zero-order valence-corrected chi connectivity index (χ0v) is 13.1. The lowest BCUT2D eigenvalue weighted by Gasteiger charge is -2.13. The maximum absolute atomic E-state index is 12.4. The van der Waals surface area contributed by atoms with Crippen LogP contribution in [-0.4, -0.2) is 7.57 Å². The molecule has 0 unspecified atom stereocenters. The van der Waals surface area contributed by atoms with E-state index in [1.807, 2.05) is 64.1 Å². The van der Waals surface area contributed by atoms with E-state index in [4.69, 9.17) is 7.57 Å². The van der Waals surface area contributed by atoms with Crippen LogP contribution in [0.3, 0.4) is 0 Å². The van der Waals surface area contributed by atoms with Crippen LogP contribution in [0.4, 0.5) is 0 Å². The molecule has 2 aromatic rings. The van der Waals surface area contributed by atoms with Crippen molar-refractivity contribution in [2.24, 2.45) is 0 Å². The first-order chi connectivity index (χ1) is 9.21. The first kappa shape index (κ1) is 17.7. The van der Waals surface area contributed by atoms with Crippen molar-refractivity contribution >= 4 is 25.2 Å². The van der Waals surface area contributed by atoms with Crippen LogP contribution in [-0.2, 0) is 4.57 Å². The minimum absolute atomic E-state index is 0.691. The van der Waals surface area contributed by atoms with Crippen LogP contribution < -0.4 is 10.6 Å². The average Bonchev–Trinajstić information content (AvgIpc) is 2.53. The van der Waals surface area contributed by atoms with Gasteiger partial charge in [0.1, 0.15) is 0 Å². The van der Waals surface area contributed by atoms with E-state index in [1.165, 1.54) is 0 Å². The Morgan fingerprint density at radius 1 is 0.684 bits per heavy atom. The predicted molar refractivity (Wildman–Crippen MR) is 88.2 cm³/mol. The van der Waals surface area contributed by atoms with Gasteiger partial charge in [0, 0.05) is 10.6 Å². The maximum Gasteiger partial charge on any atom is 0.176 e. The minimum atomic E-state index is -2.90. The molecule has 0 aliphatic rings. The van der Waals surface area contributed by atoms with Crippen molar-refractivity contribution in [3.63, 3.8) is 0 Å². The van der Waals surface area contributed by atoms with E-state index in [2.05, 4.69) is 0 Å². The Kier molecular flexibility index (Phi) is 9.00. The summed E-state index contributed by atoms with van der Waals surface area (Å²) >= 11 is 0. The first-order valence-electron chi connectivity index (χ1n) is 6.71. The Hall–Kier alpha value is -1.27. The SMILES string of the molecule is CC.CC.[B]P(=O)(c1ccccc1)c1ccccc1. The van der Waals surface area contributed by atoms with Gasteiger partial charge in [-0.3, -0.25) is 0 Å². The Labute approximate surface area is 118 Å². The molecular formula is C16H22BOP. The summed E-state index contributed by atoms with van der Waals surface area (Å²) in [5, 5.41) is 1.38. The molecule has 0 saturated heterocycles. The van der Waals surface area contributed by atoms with Crippen LogP contribution >= 0.6 is 7.02 Å². The fourth-order valence-corrected chi connectivity index (χ4v) is 2.98. The smallest absolute Gasteiger partial charge is 0.176 e. The van der Waals surface area contributed by atoms with Crippen LogP contribution in [0.25, 0.3) is 0 Å². The van der Waals surface area contributed by atoms with Crippen LogP contribution in [0.2, 0.25) is 0 Å². The zero-order valence-electron chi connectivity index (χ0n) is 12.2. The molecule has 0 N–H and O–H groups in total. The van der Waals surface area contributed by atoms with Crippen LogP contribution in [0.1, 0.15) is 27.7 Å². The van der Waals surface area contributed by atoms with Gasteiger partial charge in [-0.05, 0) is 0 Å². The molecule has 0 bridgehead atoms. The third-order valence-corrected chi connectivity index (χ3v) is 4.41. The van der Waals surface area contributed by atoms with E-state index in [0.717, 1.165) is 0 Å². The summed E-state index contributed by atoms with van der Waals surface area (Å²) in [5.41, 5.74) is 0. The third-order valence-electron chi connectivity index (χ3n) is 2.28. The highest BCUT2D eigenvalue weighted by Gasteiger charge is 2.18. The van der Waals surface area contributed by atoms with E-state index < -0.39 is 7.02 Å². The Balaban J connectivity index is 0.000000741. The minimum Gasteiger partial charge on any atom is -0.326 e. The lowest BCUT2D eigenvalue weighted by atomic mass is 10.4. The molecule has 0 aliphatic carbocycles. The van der Waals surface area contributed by atoms with E-state index in [0.29, 0.717) is 10.6 Å². The van der Waals surface area contributed by atoms with Crippen molar-refractivity contribution in [2.75, 3.05) is 0 Å². The topological polar surface area (TPSA) is 17.1 Å². The van der Waals surface area contributed by atoms with Crippen molar-refractivity contribution in [2.45, 2.75) is 27.7 Å². The molecule has 0 aliphatic heterocycles. The fraction of sp³-hybridized carbons (Fsp3) is 0.250. The van der Waals surface area contributed by atoms with Crippen molar-refractivity contribution in [3.05, 3.63) is 60.7 Å². The molecule has 1 nitrogen and oxygen atoms in total. The van der Waals surface area contributed by atoms with Gasteiger partial charge in [-0.25, -0.2) is 0 Å². The number of benzene rings is 2. The second-order valence-electron chi connectivity index (χ2n) is 3.33. The fourth-order valence-electron chi connectivity index (χ4n) is 1.45. The second-order valence-corrected chi connectivity index (χ2v) is 5.68. The molecule has 0 fully saturated rings. The molecular weight excluding hydrogens is 250 g/mol. The van der Waals surface area contributed by atoms with Gasteiger partial charge in [-0.1, -0.05) is 88.4 Å². The molecule has 100 valence electrons. The number of hydrogen-bond donors (Lipinski definition) is 0. The quantitative estimate of drug-likeness (QED) is 0.593. The monoisotopic (exact) mass is 272 g/mol. The standard InChI is InChI=1S/C12H10BOP.2C2H6/c13-15(14,11-7-3-1-4-8-11)12-9-5-2-6-10-12;2*1-2/h1-10H;2*1-2H3. The van der Waals surface area contributed by atoms with Crippen molar-refractivity contribution in [1.82, 2.24) is 0 Å². The summed E-state index contributed by atoms with van der Waals surface area (Å²) in [7, 11) is 3.02. The van der Waals surface area contributed by atoms with Gasteiger partial charge in [-0.2, -0.15) is 0 Å². The van der Waals surface area contributed by atoms with Gasteiger partial charge in [-0.15, -0.1) is 0 Å². The molecule has 2 radical (unpaired) electrons. The maximum atomic E-state index is 12.4. The molecule has 0 aromatic heterocycles. The normalized spacial score (nSPS) is 9.47. The summed E-state index contributed by atoms with van der Waals surface area (Å²) in [6, 6.07) is 18.3. The zero-order chi connectivity index (χ0) is 14.7. The second kappa shape index (κ2) is 9.64. The summed E-state index contributed by atoms with van der Waals surface area (Å²) in [4.78, 5) is 0. The van der Waals surface area contributed by atoms with Gasteiger partial charge in [0.2, 0.25) is 0 Å². The molecule has 19 heavy (non-hydrogen) atoms. The number of hydrogen-bond acceptors (Lipinski definition) is 1. The average molecular weight is 272 g/mol. The molecule has 3 heteroatoms. The third kappa shape index (κ3) is 5.08. The molecule has 0 spiro atoms. The van der Waals surface area contributed by atoms with Crippen LogP contribution in [0.5, 0.6) is 0 Å². The Bertz CT molecular complexity index is 439. The van der Waals surface area contributed by atoms with E-state index in [1.54, 1.807) is 24.3 Å². The molecule has 0 saturated carbocycles. The summed E-state index contributed by atoms with van der Waals surface area (Å²) in [5.74, 6) is 0. The predicted octanol–water partition coefficient (Wildman–Crippen LogP) is 4.14. The lowest BCUT2D eigenvalue weighted by Crippen LogP contribution is -2.15. The summed E-state index contributed by atoms with van der Waals surface area (Å²) in [6.07, 6.45) is 0. The van der Waals surface area contributed by atoms with Crippen molar-refractivity contribution < 1.29 is 4.57 Å². The van der Waals surface area contributed by atoms with E-state index in [-0.39, 0.29) is 0 Å². The molecule has 0 amide bonds. The molecule has 2 aromatic carbocycles. The van der Waals surface area contributed by atoms with Crippen molar-refractivity contribution in [3.8, 4) is 0 Å². The largest absolute Gasteiger partial charge is 0.326 e. The summed E-state index contributed by atoms with van der Waals surface area (Å²) in [6.45, 7) is 8.00. The van der Waals surface area contributed by atoms with Crippen molar-refractivity contribution in [1.29, 1.82) is 0 Å². The van der Waals surface area contributed by atoms with E-state index >= 15 is 0 Å². The van der Waals surface area contributed by atoms with Gasteiger partial charge >= 0.3 is 0 Å². The van der Waals surface area contributed by atoms with Gasteiger partial charge in [0.15, 0.2) is 7.57 Å². The van der Waals surface area contributed by atoms with E-state index in [9.17, 15) is 4.57 Å². The van der Waals surface area contributed by atoms with Crippen LogP contribution in [0, 0.1) is 0 Å². The molecule has 0 atom stereocenters.